The normalized spacial score (nSPS) is 21.6. The second-order valence-corrected chi connectivity index (χ2v) is 7.30. The number of carbonyl (C=O) groups is 1. The molecule has 0 unspecified atom stereocenters. The number of piperidine rings is 1. The average molecular weight is 314 g/mol. The molecule has 0 N–H and O–H groups in total. The summed E-state index contributed by atoms with van der Waals surface area (Å²) in [6.07, 6.45) is 5.48. The van der Waals surface area contributed by atoms with Gasteiger partial charge in [-0.05, 0) is 69.7 Å². The molecule has 3 rings (SSSR count). The van der Waals surface area contributed by atoms with Gasteiger partial charge in [0, 0.05) is 25.6 Å². The topological polar surface area (TPSA) is 23.6 Å². The Kier molecular flexibility index (Phi) is 5.37. The molecule has 3 heteroatoms. The molecule has 2 aliphatic rings. The van der Waals surface area contributed by atoms with Crippen LogP contribution in [-0.2, 0) is 4.79 Å². The van der Waals surface area contributed by atoms with Gasteiger partial charge in [0.25, 0.3) is 0 Å². The van der Waals surface area contributed by atoms with Crippen molar-refractivity contribution in [3.8, 4) is 0 Å². The molecule has 126 valence electrons. The van der Waals surface area contributed by atoms with Crippen molar-refractivity contribution in [1.29, 1.82) is 0 Å². The van der Waals surface area contributed by atoms with Crippen LogP contribution in [0.15, 0.2) is 24.3 Å². The van der Waals surface area contributed by atoms with Crippen LogP contribution in [0.25, 0.3) is 0 Å². The minimum atomic E-state index is 0.396. The third kappa shape index (κ3) is 3.95. The first-order valence-electron chi connectivity index (χ1n) is 9.22. The van der Waals surface area contributed by atoms with Gasteiger partial charge in [0.15, 0.2) is 0 Å². The maximum Gasteiger partial charge on any atom is 0.222 e. The fourth-order valence-corrected chi connectivity index (χ4v) is 4.14. The second kappa shape index (κ2) is 7.48. The van der Waals surface area contributed by atoms with Crippen molar-refractivity contribution >= 4 is 5.91 Å². The molecule has 0 saturated carbocycles. The van der Waals surface area contributed by atoms with Crippen molar-refractivity contribution in [2.24, 2.45) is 5.92 Å². The number of rotatable bonds is 4. The highest BCUT2D eigenvalue weighted by molar-refractivity contribution is 5.76. The summed E-state index contributed by atoms with van der Waals surface area (Å²) in [5.74, 6) is 0.983. The van der Waals surface area contributed by atoms with Crippen LogP contribution in [0.1, 0.15) is 56.2 Å². The number of likely N-dealkylation sites (tertiary alicyclic amines) is 2. The number of aryl methyl sites for hydroxylation is 1. The summed E-state index contributed by atoms with van der Waals surface area (Å²) in [5, 5.41) is 0. The van der Waals surface area contributed by atoms with E-state index >= 15 is 0 Å². The lowest BCUT2D eigenvalue weighted by Crippen LogP contribution is -2.38. The van der Waals surface area contributed by atoms with Crippen LogP contribution in [0.4, 0.5) is 0 Å². The van der Waals surface area contributed by atoms with Crippen molar-refractivity contribution in [2.45, 2.75) is 52.0 Å². The molecule has 1 amide bonds. The zero-order valence-electron chi connectivity index (χ0n) is 14.6. The first kappa shape index (κ1) is 16.5. The summed E-state index contributed by atoms with van der Waals surface area (Å²) in [6.45, 7) is 8.73. The minimum absolute atomic E-state index is 0.396. The van der Waals surface area contributed by atoms with Gasteiger partial charge in [-0.15, -0.1) is 0 Å². The standard InChI is InChI=1S/C20H30N2O/c1-16-7-3-4-8-19(16)17(2)21-13-9-18(10-14-21)15-20(23)22-11-5-6-12-22/h3-4,7-8,17-18H,5-6,9-15H2,1-2H3/t17-/m0/s1. The Balaban J connectivity index is 1.50. The van der Waals surface area contributed by atoms with Crippen LogP contribution in [-0.4, -0.2) is 41.9 Å². The molecule has 1 aromatic carbocycles. The first-order chi connectivity index (χ1) is 11.1. The summed E-state index contributed by atoms with van der Waals surface area (Å²) in [5.41, 5.74) is 2.82. The van der Waals surface area contributed by atoms with Gasteiger partial charge in [-0.3, -0.25) is 9.69 Å². The van der Waals surface area contributed by atoms with E-state index < -0.39 is 0 Å². The minimum Gasteiger partial charge on any atom is -0.343 e. The molecule has 2 aliphatic heterocycles. The fraction of sp³-hybridized carbons (Fsp3) is 0.650. The van der Waals surface area contributed by atoms with Crippen molar-refractivity contribution in [3.05, 3.63) is 35.4 Å². The summed E-state index contributed by atoms with van der Waals surface area (Å²) < 4.78 is 0. The largest absolute Gasteiger partial charge is 0.343 e. The summed E-state index contributed by atoms with van der Waals surface area (Å²) in [4.78, 5) is 17.0. The highest BCUT2D eigenvalue weighted by Gasteiger charge is 2.27. The van der Waals surface area contributed by atoms with Crippen LogP contribution in [0, 0.1) is 12.8 Å². The monoisotopic (exact) mass is 314 g/mol. The molecule has 2 heterocycles. The van der Waals surface area contributed by atoms with E-state index in [0.717, 1.165) is 45.4 Å². The van der Waals surface area contributed by atoms with Gasteiger partial charge < -0.3 is 4.90 Å². The van der Waals surface area contributed by atoms with Gasteiger partial charge in [-0.2, -0.15) is 0 Å². The highest BCUT2D eigenvalue weighted by atomic mass is 16.2. The van der Waals surface area contributed by atoms with Gasteiger partial charge in [0.2, 0.25) is 5.91 Å². The number of hydrogen-bond donors (Lipinski definition) is 0. The van der Waals surface area contributed by atoms with E-state index in [-0.39, 0.29) is 0 Å². The molecule has 0 aromatic heterocycles. The predicted molar refractivity (Wildman–Crippen MR) is 94.3 cm³/mol. The van der Waals surface area contributed by atoms with Crippen LogP contribution < -0.4 is 0 Å². The Morgan fingerprint density at radius 2 is 1.78 bits per heavy atom. The molecule has 2 saturated heterocycles. The van der Waals surface area contributed by atoms with Gasteiger partial charge in [0.1, 0.15) is 0 Å². The summed E-state index contributed by atoms with van der Waals surface area (Å²) in [7, 11) is 0. The molecule has 23 heavy (non-hydrogen) atoms. The van der Waals surface area contributed by atoms with E-state index in [0.29, 0.717) is 17.9 Å². The zero-order valence-corrected chi connectivity index (χ0v) is 14.6. The quantitative estimate of drug-likeness (QED) is 0.844. The third-order valence-electron chi connectivity index (χ3n) is 5.76. The summed E-state index contributed by atoms with van der Waals surface area (Å²) >= 11 is 0. The lowest BCUT2D eigenvalue weighted by Gasteiger charge is -2.37. The number of nitrogens with zero attached hydrogens (tertiary/aromatic N) is 2. The Hall–Kier alpha value is -1.35. The number of carbonyl (C=O) groups excluding carboxylic acids is 1. The van der Waals surface area contributed by atoms with Gasteiger partial charge in [-0.1, -0.05) is 24.3 Å². The average Bonchev–Trinajstić information content (AvgIpc) is 3.10. The van der Waals surface area contributed by atoms with Crippen LogP contribution in [0.3, 0.4) is 0 Å². The maximum absolute atomic E-state index is 12.3. The van der Waals surface area contributed by atoms with Crippen LogP contribution in [0.5, 0.6) is 0 Å². The molecule has 0 spiro atoms. The fourth-order valence-electron chi connectivity index (χ4n) is 4.14. The number of benzene rings is 1. The molecule has 1 atom stereocenters. The SMILES string of the molecule is Cc1ccccc1[C@H](C)N1CCC(CC(=O)N2CCCC2)CC1. The first-order valence-corrected chi connectivity index (χ1v) is 9.22. The van der Waals surface area contributed by atoms with E-state index in [2.05, 4.69) is 47.9 Å². The smallest absolute Gasteiger partial charge is 0.222 e. The molecular weight excluding hydrogens is 284 g/mol. The van der Waals surface area contributed by atoms with E-state index in [1.54, 1.807) is 0 Å². The molecule has 0 bridgehead atoms. The maximum atomic E-state index is 12.3. The molecule has 0 radical (unpaired) electrons. The predicted octanol–water partition coefficient (Wildman–Crippen LogP) is 3.78. The van der Waals surface area contributed by atoms with Crippen molar-refractivity contribution in [2.75, 3.05) is 26.2 Å². The van der Waals surface area contributed by atoms with E-state index in [9.17, 15) is 4.79 Å². The molecule has 3 nitrogen and oxygen atoms in total. The van der Waals surface area contributed by atoms with Crippen molar-refractivity contribution in [3.63, 3.8) is 0 Å². The lowest BCUT2D eigenvalue weighted by molar-refractivity contribution is -0.131. The van der Waals surface area contributed by atoms with E-state index in [1.165, 1.54) is 24.0 Å². The van der Waals surface area contributed by atoms with Gasteiger partial charge in [-0.25, -0.2) is 0 Å². The van der Waals surface area contributed by atoms with Gasteiger partial charge >= 0.3 is 0 Å². The van der Waals surface area contributed by atoms with E-state index in [4.69, 9.17) is 0 Å². The number of hydrogen-bond acceptors (Lipinski definition) is 2. The Bertz CT molecular complexity index is 528. The van der Waals surface area contributed by atoms with Gasteiger partial charge in [0.05, 0.1) is 0 Å². The molecule has 1 aromatic rings. The molecule has 2 fully saturated rings. The molecule has 0 aliphatic carbocycles. The number of amides is 1. The lowest BCUT2D eigenvalue weighted by atomic mass is 9.91. The van der Waals surface area contributed by atoms with Crippen LogP contribution >= 0.6 is 0 Å². The third-order valence-corrected chi connectivity index (χ3v) is 5.76. The van der Waals surface area contributed by atoms with Crippen LogP contribution in [0.2, 0.25) is 0 Å². The van der Waals surface area contributed by atoms with Crippen molar-refractivity contribution < 1.29 is 4.79 Å². The highest BCUT2D eigenvalue weighted by Crippen LogP contribution is 2.30. The Morgan fingerprint density at radius 1 is 1.13 bits per heavy atom. The Labute approximate surface area is 140 Å². The zero-order chi connectivity index (χ0) is 16.2. The Morgan fingerprint density at radius 3 is 2.43 bits per heavy atom. The van der Waals surface area contributed by atoms with E-state index in [1.807, 2.05) is 0 Å². The second-order valence-electron chi connectivity index (χ2n) is 7.30. The van der Waals surface area contributed by atoms with Crippen molar-refractivity contribution in [1.82, 2.24) is 9.80 Å². The summed E-state index contributed by atoms with van der Waals surface area (Å²) in [6, 6.07) is 9.18. The molecular formula is C20H30N2O.